The number of halogens is 3. The minimum atomic E-state index is -4.28. The Morgan fingerprint density at radius 2 is 2.10 bits per heavy atom. The largest absolute Gasteiger partial charge is 0.441 e. The fourth-order valence-electron chi connectivity index (χ4n) is 3.19. The van der Waals surface area contributed by atoms with Gasteiger partial charge in [0.15, 0.2) is 0 Å². The minimum Gasteiger partial charge on any atom is -0.380 e. The van der Waals surface area contributed by atoms with Gasteiger partial charge in [-0.05, 0) is 61.0 Å². The second-order valence-corrected chi connectivity index (χ2v) is 7.95. The molecule has 1 aliphatic rings. The van der Waals surface area contributed by atoms with Gasteiger partial charge in [0.05, 0.1) is 0 Å². The van der Waals surface area contributed by atoms with Gasteiger partial charge in [0, 0.05) is 42.9 Å². The van der Waals surface area contributed by atoms with Crippen LogP contribution in [0.3, 0.4) is 0 Å². The molecule has 1 saturated heterocycles. The van der Waals surface area contributed by atoms with E-state index in [2.05, 4.69) is 22.1 Å². The zero-order valence-electron chi connectivity index (χ0n) is 17.7. The Morgan fingerprint density at radius 1 is 1.41 bits per heavy atom. The summed E-state index contributed by atoms with van der Waals surface area (Å²) < 4.78 is 36.5. The van der Waals surface area contributed by atoms with Gasteiger partial charge in [-0.2, -0.15) is 13.2 Å². The van der Waals surface area contributed by atoms with Crippen LogP contribution in [0.25, 0.3) is 12.8 Å². The first-order valence-corrected chi connectivity index (χ1v) is 10.9. The molecule has 2 rings (SSSR count). The number of rotatable bonds is 7. The van der Waals surface area contributed by atoms with Crippen LogP contribution < -0.4 is 21.1 Å². The van der Waals surface area contributed by atoms with E-state index in [-0.39, 0.29) is 30.0 Å². The normalized spacial score (nSPS) is 16.9. The Hall–Kier alpha value is -1.67. The molecule has 0 saturated carbocycles. The highest BCUT2D eigenvalue weighted by Gasteiger charge is 2.27. The van der Waals surface area contributed by atoms with Crippen LogP contribution in [0.1, 0.15) is 36.2 Å². The van der Waals surface area contributed by atoms with E-state index in [1.165, 1.54) is 0 Å². The Bertz CT molecular complexity index is 762. The number of amides is 1. The number of hydrogen-bond acceptors (Lipinski definition) is 4. The molecule has 2 N–H and O–H groups in total. The summed E-state index contributed by atoms with van der Waals surface area (Å²) in [6, 6.07) is 3.44. The van der Waals surface area contributed by atoms with Crippen LogP contribution in [-0.2, 0) is 0 Å². The van der Waals surface area contributed by atoms with Crippen molar-refractivity contribution in [2.24, 2.45) is 5.92 Å². The fourth-order valence-corrected chi connectivity index (χ4v) is 3.62. The minimum absolute atomic E-state index is 0.0395. The van der Waals surface area contributed by atoms with E-state index < -0.39 is 5.51 Å². The molecule has 164 valence electrons. The van der Waals surface area contributed by atoms with E-state index in [1.807, 2.05) is 34.0 Å². The molecule has 29 heavy (non-hydrogen) atoms. The standard InChI is InChI=1S/C19H26F3N3OS.C2H6/c1-13-4-5-16(18(26)24-8-9-27-19(20,21)22)14(2)17(13)12-25(3)11-15-6-7-23-10-15;1-2/h4-5,12,15,23H,1,6-11H2,2-3H3,(H,24,26);1-2H3/b17-12+;. The van der Waals surface area contributed by atoms with Gasteiger partial charge >= 0.3 is 5.51 Å². The van der Waals surface area contributed by atoms with Gasteiger partial charge in [0.25, 0.3) is 5.91 Å². The average molecular weight is 432 g/mol. The molecule has 1 unspecified atom stereocenters. The third-order valence-electron chi connectivity index (χ3n) is 4.56. The molecule has 0 radical (unpaired) electrons. The topological polar surface area (TPSA) is 44.4 Å². The van der Waals surface area contributed by atoms with Gasteiger partial charge in [-0.15, -0.1) is 0 Å². The molecule has 1 aromatic rings. The smallest absolute Gasteiger partial charge is 0.380 e. The first-order valence-electron chi connectivity index (χ1n) is 9.87. The molecule has 0 bridgehead atoms. The maximum absolute atomic E-state index is 12.4. The molecule has 1 heterocycles. The molecular formula is C21H32F3N3OS. The summed E-state index contributed by atoms with van der Waals surface area (Å²) >= 11 is -0.139. The van der Waals surface area contributed by atoms with Gasteiger partial charge in [-0.25, -0.2) is 0 Å². The Kier molecular flexibility index (Phi) is 10.6. The summed E-state index contributed by atoms with van der Waals surface area (Å²) in [5.74, 6) is 0.0174. The van der Waals surface area contributed by atoms with Crippen LogP contribution in [0.4, 0.5) is 13.2 Å². The van der Waals surface area contributed by atoms with E-state index in [4.69, 9.17) is 0 Å². The second-order valence-electron chi connectivity index (χ2n) is 6.79. The monoisotopic (exact) mass is 431 g/mol. The Morgan fingerprint density at radius 3 is 2.69 bits per heavy atom. The van der Waals surface area contributed by atoms with Crippen LogP contribution in [-0.4, -0.2) is 55.3 Å². The van der Waals surface area contributed by atoms with Crippen LogP contribution in [0.5, 0.6) is 0 Å². The number of carbonyl (C=O) groups is 1. The second kappa shape index (κ2) is 12.1. The van der Waals surface area contributed by atoms with Crippen molar-refractivity contribution in [2.75, 3.05) is 39.0 Å². The van der Waals surface area contributed by atoms with Crippen molar-refractivity contribution in [3.63, 3.8) is 0 Å². The molecular weight excluding hydrogens is 399 g/mol. The predicted octanol–water partition coefficient (Wildman–Crippen LogP) is 2.69. The summed E-state index contributed by atoms with van der Waals surface area (Å²) in [7, 11) is 2.00. The Labute approximate surface area is 175 Å². The zero-order chi connectivity index (χ0) is 22.0. The average Bonchev–Trinajstić information content (AvgIpc) is 3.16. The highest BCUT2D eigenvalue weighted by atomic mass is 32.2. The number of carbonyl (C=O) groups excluding carboxylic acids is 1. The van der Waals surface area contributed by atoms with Gasteiger partial charge in [0.2, 0.25) is 0 Å². The maximum Gasteiger partial charge on any atom is 0.441 e. The van der Waals surface area contributed by atoms with Crippen LogP contribution in [0.15, 0.2) is 12.1 Å². The zero-order valence-corrected chi connectivity index (χ0v) is 18.5. The molecule has 0 aromatic heterocycles. The number of thioether (sulfide) groups is 1. The van der Waals surface area contributed by atoms with E-state index >= 15 is 0 Å². The van der Waals surface area contributed by atoms with Crippen LogP contribution >= 0.6 is 11.8 Å². The number of alkyl halides is 3. The fraction of sp³-hybridized carbons (Fsp3) is 0.571. The molecule has 1 aliphatic heterocycles. The van der Waals surface area contributed by atoms with Gasteiger partial charge < -0.3 is 15.5 Å². The number of nitrogens with one attached hydrogen (secondary N) is 2. The van der Waals surface area contributed by atoms with E-state index in [1.54, 1.807) is 12.1 Å². The first kappa shape index (κ1) is 25.4. The summed E-state index contributed by atoms with van der Waals surface area (Å²) in [6.45, 7) is 12.8. The molecule has 1 fully saturated rings. The lowest BCUT2D eigenvalue weighted by molar-refractivity contribution is -0.0327. The van der Waals surface area contributed by atoms with E-state index in [9.17, 15) is 18.0 Å². The quantitative estimate of drug-likeness (QED) is 0.652. The number of nitrogens with zero attached hydrogens (tertiary/aromatic N) is 1. The lowest BCUT2D eigenvalue weighted by atomic mass is 10.0. The van der Waals surface area contributed by atoms with Gasteiger partial charge in [-0.1, -0.05) is 26.5 Å². The molecule has 1 amide bonds. The summed E-state index contributed by atoms with van der Waals surface area (Å²) in [5, 5.41) is 7.59. The van der Waals surface area contributed by atoms with Crippen molar-refractivity contribution in [3.8, 4) is 0 Å². The molecule has 4 nitrogen and oxygen atoms in total. The van der Waals surface area contributed by atoms with Crippen LogP contribution in [0.2, 0.25) is 0 Å². The number of hydrogen-bond donors (Lipinski definition) is 2. The van der Waals surface area contributed by atoms with Crippen LogP contribution in [0, 0.1) is 12.8 Å². The van der Waals surface area contributed by atoms with Crippen molar-refractivity contribution >= 4 is 30.4 Å². The molecule has 0 aliphatic carbocycles. The summed E-state index contributed by atoms with van der Waals surface area (Å²) in [6.07, 6.45) is 3.14. The summed E-state index contributed by atoms with van der Waals surface area (Å²) in [5.41, 5.74) is -3.04. The lowest BCUT2D eigenvalue weighted by Crippen LogP contribution is -2.35. The van der Waals surface area contributed by atoms with E-state index in [0.717, 1.165) is 42.1 Å². The lowest BCUT2D eigenvalue weighted by Gasteiger charge is -2.19. The van der Waals surface area contributed by atoms with Crippen molar-refractivity contribution in [1.82, 2.24) is 15.5 Å². The summed E-state index contributed by atoms with van der Waals surface area (Å²) in [4.78, 5) is 14.5. The van der Waals surface area contributed by atoms with Gasteiger partial charge in [0.1, 0.15) is 0 Å². The molecule has 8 heteroatoms. The third kappa shape index (κ3) is 8.70. The molecule has 1 atom stereocenters. The third-order valence-corrected chi connectivity index (χ3v) is 5.30. The molecule has 0 spiro atoms. The van der Waals surface area contributed by atoms with Crippen molar-refractivity contribution in [3.05, 3.63) is 33.7 Å². The van der Waals surface area contributed by atoms with Crippen molar-refractivity contribution in [2.45, 2.75) is 32.7 Å². The van der Waals surface area contributed by atoms with Gasteiger partial charge in [-0.3, -0.25) is 4.79 Å². The Balaban J connectivity index is 0.00000204. The SMILES string of the molecule is C=c1ccc(C(=O)NCCSC(F)(F)F)c(C)/c1=C/N(C)CC1CCNC1.CC. The molecule has 1 aromatic carbocycles. The number of benzene rings is 1. The highest BCUT2D eigenvalue weighted by molar-refractivity contribution is 8.00. The highest BCUT2D eigenvalue weighted by Crippen LogP contribution is 2.29. The predicted molar refractivity (Wildman–Crippen MR) is 116 cm³/mol. The van der Waals surface area contributed by atoms with Crippen molar-refractivity contribution in [1.29, 1.82) is 0 Å². The maximum atomic E-state index is 12.4. The van der Waals surface area contributed by atoms with E-state index in [0.29, 0.717) is 11.5 Å². The first-order chi connectivity index (χ1) is 13.7. The van der Waals surface area contributed by atoms with Crippen molar-refractivity contribution < 1.29 is 18.0 Å².